The van der Waals surface area contributed by atoms with Gasteiger partial charge >= 0.3 is 0 Å². The molecule has 0 aliphatic heterocycles. The fraction of sp³-hybridized carbons (Fsp3) is 0.182. The molecule has 94 valence electrons. The van der Waals surface area contributed by atoms with Gasteiger partial charge in [-0.25, -0.2) is 0 Å². The molecule has 0 radical (unpaired) electrons. The largest absolute Gasteiger partial charge is 0.325 e. The Labute approximate surface area is 117 Å². The van der Waals surface area contributed by atoms with Crippen LogP contribution in [0.2, 0.25) is 5.02 Å². The summed E-state index contributed by atoms with van der Waals surface area (Å²) in [5.74, 6) is -0.103. The van der Waals surface area contributed by atoms with Crippen LogP contribution in [0.15, 0.2) is 35.1 Å². The Bertz CT molecular complexity index is 544. The molecule has 0 saturated carbocycles. The van der Waals surface area contributed by atoms with Crippen LogP contribution in [0.5, 0.6) is 0 Å². The van der Waals surface area contributed by atoms with Crippen molar-refractivity contribution in [3.05, 3.63) is 40.1 Å². The first-order valence-electron chi connectivity index (χ1n) is 5.25. The molecule has 2 aromatic rings. The quantitative estimate of drug-likeness (QED) is 0.938. The van der Waals surface area contributed by atoms with Gasteiger partial charge in [0.05, 0.1) is 27.9 Å². The highest BCUT2D eigenvalue weighted by atomic mass is 79.9. The van der Waals surface area contributed by atoms with Crippen LogP contribution in [-0.4, -0.2) is 20.9 Å². The maximum Gasteiger partial charge on any atom is 0.226 e. The summed E-state index contributed by atoms with van der Waals surface area (Å²) < 4.78 is 2.29. The van der Waals surface area contributed by atoms with Crippen molar-refractivity contribution in [1.82, 2.24) is 15.0 Å². The maximum atomic E-state index is 11.7. The Morgan fingerprint density at radius 1 is 1.50 bits per heavy atom. The van der Waals surface area contributed by atoms with E-state index in [1.165, 1.54) is 0 Å². The lowest BCUT2D eigenvalue weighted by atomic mass is 10.3. The maximum absolute atomic E-state index is 11.7. The van der Waals surface area contributed by atoms with Crippen LogP contribution in [0.1, 0.15) is 6.42 Å². The molecule has 0 saturated heterocycles. The molecular formula is C11H10BrClN4O. The minimum Gasteiger partial charge on any atom is -0.325 e. The molecule has 1 N–H and O–H groups in total. The van der Waals surface area contributed by atoms with E-state index in [1.807, 2.05) is 0 Å². The first kappa shape index (κ1) is 13.0. The minimum absolute atomic E-state index is 0.103. The lowest BCUT2D eigenvalue weighted by Crippen LogP contribution is -2.15. The summed E-state index contributed by atoms with van der Waals surface area (Å²) in [7, 11) is 0. The standard InChI is InChI=1S/C11H10BrClN4O/c12-11-8(13)2-1-3-9(11)15-10(18)4-6-17-7-5-14-16-17/h1-3,5,7H,4,6H2,(H,15,18). The fourth-order valence-corrected chi connectivity index (χ4v) is 1.92. The van der Waals surface area contributed by atoms with E-state index in [4.69, 9.17) is 11.6 Å². The Balaban J connectivity index is 1.93. The molecule has 0 fully saturated rings. The van der Waals surface area contributed by atoms with Gasteiger partial charge in [0.1, 0.15) is 0 Å². The number of aryl methyl sites for hydroxylation is 1. The lowest BCUT2D eigenvalue weighted by molar-refractivity contribution is -0.116. The van der Waals surface area contributed by atoms with E-state index in [0.29, 0.717) is 28.1 Å². The summed E-state index contributed by atoms with van der Waals surface area (Å²) in [6, 6.07) is 5.31. The van der Waals surface area contributed by atoms with Crippen LogP contribution < -0.4 is 5.32 Å². The van der Waals surface area contributed by atoms with Gasteiger partial charge in [-0.3, -0.25) is 9.48 Å². The number of carbonyl (C=O) groups is 1. The Hall–Kier alpha value is -1.40. The van der Waals surface area contributed by atoms with E-state index in [-0.39, 0.29) is 5.91 Å². The van der Waals surface area contributed by atoms with Crippen molar-refractivity contribution in [3.8, 4) is 0 Å². The number of amides is 1. The van der Waals surface area contributed by atoms with Gasteiger partial charge in [0, 0.05) is 12.6 Å². The van der Waals surface area contributed by atoms with Crippen LogP contribution in [0, 0.1) is 0 Å². The zero-order chi connectivity index (χ0) is 13.0. The molecule has 0 bridgehead atoms. The van der Waals surface area contributed by atoms with Crippen molar-refractivity contribution in [2.24, 2.45) is 0 Å². The van der Waals surface area contributed by atoms with Crippen molar-refractivity contribution >= 4 is 39.1 Å². The highest BCUT2D eigenvalue weighted by Gasteiger charge is 2.08. The second-order valence-corrected chi connectivity index (χ2v) is 4.77. The molecule has 1 amide bonds. The van der Waals surface area contributed by atoms with Crippen molar-refractivity contribution in [3.63, 3.8) is 0 Å². The normalized spacial score (nSPS) is 10.3. The second kappa shape index (κ2) is 5.97. The van der Waals surface area contributed by atoms with E-state index < -0.39 is 0 Å². The third-order valence-electron chi connectivity index (χ3n) is 2.27. The summed E-state index contributed by atoms with van der Waals surface area (Å²) in [5.41, 5.74) is 0.658. The lowest BCUT2D eigenvalue weighted by Gasteiger charge is -2.08. The summed E-state index contributed by atoms with van der Waals surface area (Å²) in [6.07, 6.45) is 3.61. The molecule has 2 rings (SSSR count). The third-order valence-corrected chi connectivity index (χ3v) is 3.66. The number of anilines is 1. The molecule has 18 heavy (non-hydrogen) atoms. The predicted molar refractivity (Wildman–Crippen MR) is 72.4 cm³/mol. The van der Waals surface area contributed by atoms with E-state index >= 15 is 0 Å². The van der Waals surface area contributed by atoms with Crippen molar-refractivity contribution in [2.75, 3.05) is 5.32 Å². The smallest absolute Gasteiger partial charge is 0.226 e. The van der Waals surface area contributed by atoms with Gasteiger partial charge < -0.3 is 5.32 Å². The molecule has 1 aromatic heterocycles. The average Bonchev–Trinajstić information content (AvgIpc) is 2.86. The highest BCUT2D eigenvalue weighted by Crippen LogP contribution is 2.29. The summed E-state index contributed by atoms with van der Waals surface area (Å²) in [4.78, 5) is 11.7. The van der Waals surface area contributed by atoms with Crippen LogP contribution in [0.4, 0.5) is 5.69 Å². The van der Waals surface area contributed by atoms with Gasteiger partial charge in [0.15, 0.2) is 0 Å². The first-order chi connectivity index (χ1) is 8.66. The van der Waals surface area contributed by atoms with Gasteiger partial charge in [0.2, 0.25) is 5.91 Å². The summed E-state index contributed by atoms with van der Waals surface area (Å²) in [5, 5.41) is 10.8. The summed E-state index contributed by atoms with van der Waals surface area (Å²) >= 11 is 9.26. The molecule has 0 atom stereocenters. The summed E-state index contributed by atoms with van der Waals surface area (Å²) in [6.45, 7) is 0.490. The first-order valence-corrected chi connectivity index (χ1v) is 6.42. The number of benzene rings is 1. The Morgan fingerprint density at radius 2 is 2.33 bits per heavy atom. The minimum atomic E-state index is -0.103. The number of halogens is 2. The van der Waals surface area contributed by atoms with Gasteiger partial charge in [-0.05, 0) is 28.1 Å². The number of nitrogens with one attached hydrogen (secondary N) is 1. The molecular weight excluding hydrogens is 320 g/mol. The molecule has 5 nitrogen and oxygen atoms in total. The molecule has 7 heteroatoms. The number of carbonyl (C=O) groups excluding carboxylic acids is 1. The zero-order valence-corrected chi connectivity index (χ0v) is 11.6. The van der Waals surface area contributed by atoms with Gasteiger partial charge in [0.25, 0.3) is 0 Å². The number of hydrogen-bond acceptors (Lipinski definition) is 3. The van der Waals surface area contributed by atoms with E-state index in [9.17, 15) is 4.79 Å². The van der Waals surface area contributed by atoms with Crippen molar-refractivity contribution in [1.29, 1.82) is 0 Å². The van der Waals surface area contributed by atoms with Crippen LogP contribution in [0.25, 0.3) is 0 Å². The van der Waals surface area contributed by atoms with Gasteiger partial charge in [-0.1, -0.05) is 22.9 Å². The monoisotopic (exact) mass is 328 g/mol. The third kappa shape index (κ3) is 3.30. The molecule has 1 aromatic carbocycles. The van der Waals surface area contributed by atoms with Crippen molar-refractivity contribution < 1.29 is 4.79 Å². The van der Waals surface area contributed by atoms with Crippen LogP contribution in [-0.2, 0) is 11.3 Å². The SMILES string of the molecule is O=C(CCn1ccnn1)Nc1cccc(Cl)c1Br. The molecule has 0 spiro atoms. The molecule has 0 unspecified atom stereocenters. The van der Waals surface area contributed by atoms with Crippen LogP contribution in [0.3, 0.4) is 0 Å². The number of aromatic nitrogens is 3. The van der Waals surface area contributed by atoms with E-state index in [1.54, 1.807) is 35.3 Å². The molecule has 0 aliphatic rings. The molecule has 0 aliphatic carbocycles. The fourth-order valence-electron chi connectivity index (χ4n) is 1.38. The molecule has 1 heterocycles. The van der Waals surface area contributed by atoms with Gasteiger partial charge in [-0.15, -0.1) is 5.10 Å². The number of rotatable bonds is 4. The Morgan fingerprint density at radius 3 is 3.06 bits per heavy atom. The van der Waals surface area contributed by atoms with E-state index in [2.05, 4.69) is 31.6 Å². The number of hydrogen-bond donors (Lipinski definition) is 1. The van der Waals surface area contributed by atoms with Crippen LogP contribution >= 0.6 is 27.5 Å². The Kier molecular flexibility index (Phi) is 4.33. The predicted octanol–water partition coefficient (Wildman–Crippen LogP) is 2.72. The zero-order valence-electron chi connectivity index (χ0n) is 9.31. The topological polar surface area (TPSA) is 59.8 Å². The number of nitrogens with zero attached hydrogens (tertiary/aromatic N) is 3. The average molecular weight is 330 g/mol. The second-order valence-electron chi connectivity index (χ2n) is 3.57. The van der Waals surface area contributed by atoms with Crippen molar-refractivity contribution in [2.45, 2.75) is 13.0 Å². The van der Waals surface area contributed by atoms with Gasteiger partial charge in [-0.2, -0.15) is 0 Å². The highest BCUT2D eigenvalue weighted by molar-refractivity contribution is 9.10. The van der Waals surface area contributed by atoms with E-state index in [0.717, 1.165) is 0 Å².